The molecule has 1 aromatic carbocycles. The summed E-state index contributed by atoms with van der Waals surface area (Å²) in [4.78, 5) is 22.1. The first kappa shape index (κ1) is 14.8. The highest BCUT2D eigenvalue weighted by Crippen LogP contribution is 2.29. The highest BCUT2D eigenvalue weighted by Gasteiger charge is 2.24. The van der Waals surface area contributed by atoms with Crippen LogP contribution in [-0.4, -0.2) is 35.5 Å². The molecule has 0 bridgehead atoms. The quantitative estimate of drug-likeness (QED) is 0.575. The summed E-state index contributed by atoms with van der Waals surface area (Å²) in [6.07, 6.45) is 8.96. The van der Waals surface area contributed by atoms with Crippen molar-refractivity contribution in [3.63, 3.8) is 0 Å². The van der Waals surface area contributed by atoms with Crippen LogP contribution < -0.4 is 10.6 Å². The summed E-state index contributed by atoms with van der Waals surface area (Å²) in [7, 11) is 0. The van der Waals surface area contributed by atoms with Gasteiger partial charge in [0, 0.05) is 24.1 Å². The van der Waals surface area contributed by atoms with Gasteiger partial charge in [-0.2, -0.15) is 9.97 Å². The Kier molecular flexibility index (Phi) is 3.45. The normalized spacial score (nSPS) is 13.7. The summed E-state index contributed by atoms with van der Waals surface area (Å²) in [5.41, 5.74) is 2.49. The maximum Gasteiger partial charge on any atom is 0.232 e. The van der Waals surface area contributed by atoms with Gasteiger partial charge in [0.2, 0.25) is 5.95 Å². The van der Waals surface area contributed by atoms with Gasteiger partial charge in [0.1, 0.15) is 6.33 Å². The zero-order valence-electron chi connectivity index (χ0n) is 13.9. The Morgan fingerprint density at radius 1 is 1.00 bits per heavy atom. The van der Waals surface area contributed by atoms with Gasteiger partial charge in [0.25, 0.3) is 0 Å². The zero-order chi connectivity index (χ0) is 17.3. The first-order valence-corrected chi connectivity index (χ1v) is 8.47. The summed E-state index contributed by atoms with van der Waals surface area (Å²) in [6, 6.07) is 10.5. The monoisotopic (exact) mass is 344 g/mol. The van der Waals surface area contributed by atoms with Crippen LogP contribution in [0.25, 0.3) is 16.9 Å². The molecule has 3 heterocycles. The maximum absolute atomic E-state index is 4.67. The van der Waals surface area contributed by atoms with E-state index in [1.165, 1.54) is 0 Å². The fraction of sp³-hybridized carbons (Fsp3) is 0.167. The van der Waals surface area contributed by atoms with E-state index in [1.807, 2.05) is 34.9 Å². The van der Waals surface area contributed by atoms with Crippen molar-refractivity contribution in [2.24, 2.45) is 0 Å². The Morgan fingerprint density at radius 2 is 1.88 bits per heavy atom. The average molecular weight is 344 g/mol. The van der Waals surface area contributed by atoms with Crippen molar-refractivity contribution in [1.29, 1.82) is 0 Å². The van der Waals surface area contributed by atoms with Crippen LogP contribution in [-0.2, 0) is 0 Å². The van der Waals surface area contributed by atoms with Crippen molar-refractivity contribution in [1.82, 2.24) is 29.5 Å². The summed E-state index contributed by atoms with van der Waals surface area (Å²) < 4.78 is 1.96. The van der Waals surface area contributed by atoms with E-state index in [4.69, 9.17) is 0 Å². The minimum Gasteiger partial charge on any atom is -0.365 e. The molecule has 0 unspecified atom stereocenters. The molecule has 8 nitrogen and oxygen atoms in total. The molecule has 0 radical (unpaired) electrons. The number of benzene rings is 1. The van der Waals surface area contributed by atoms with Crippen molar-refractivity contribution in [2.75, 3.05) is 10.6 Å². The number of fused-ring (bicyclic) bond motifs is 1. The van der Waals surface area contributed by atoms with Crippen molar-refractivity contribution >= 4 is 28.7 Å². The molecule has 5 rings (SSSR count). The lowest BCUT2D eigenvalue weighted by Gasteiger charge is -2.10. The predicted octanol–water partition coefficient (Wildman–Crippen LogP) is 2.92. The second-order valence-corrected chi connectivity index (χ2v) is 6.15. The number of imidazole rings is 1. The Labute approximate surface area is 149 Å². The van der Waals surface area contributed by atoms with E-state index >= 15 is 0 Å². The minimum absolute atomic E-state index is 0.457. The van der Waals surface area contributed by atoms with Gasteiger partial charge in [-0.1, -0.05) is 18.2 Å². The molecule has 0 aliphatic heterocycles. The molecule has 8 heteroatoms. The van der Waals surface area contributed by atoms with Gasteiger partial charge in [-0.05, 0) is 25.0 Å². The lowest BCUT2D eigenvalue weighted by atomic mass is 10.3. The van der Waals surface area contributed by atoms with E-state index in [2.05, 4.69) is 35.6 Å². The minimum atomic E-state index is 0.457. The van der Waals surface area contributed by atoms with Crippen LogP contribution >= 0.6 is 0 Å². The predicted molar refractivity (Wildman–Crippen MR) is 98.6 cm³/mol. The molecule has 2 N–H and O–H groups in total. The second kappa shape index (κ2) is 6.07. The third-order valence-corrected chi connectivity index (χ3v) is 4.15. The summed E-state index contributed by atoms with van der Waals surface area (Å²) in [6.45, 7) is 0. The van der Waals surface area contributed by atoms with E-state index in [0.29, 0.717) is 17.8 Å². The van der Waals surface area contributed by atoms with Gasteiger partial charge >= 0.3 is 0 Å². The Bertz CT molecular complexity index is 1040. The lowest BCUT2D eigenvalue weighted by Crippen LogP contribution is -2.08. The highest BCUT2D eigenvalue weighted by atomic mass is 15.2. The van der Waals surface area contributed by atoms with Crippen molar-refractivity contribution in [2.45, 2.75) is 18.9 Å². The van der Waals surface area contributed by atoms with Crippen LogP contribution in [0.3, 0.4) is 0 Å². The van der Waals surface area contributed by atoms with Gasteiger partial charge in [-0.3, -0.25) is 9.55 Å². The van der Waals surface area contributed by atoms with E-state index in [1.54, 1.807) is 24.9 Å². The first-order valence-electron chi connectivity index (χ1n) is 8.47. The number of nitrogens with zero attached hydrogens (tertiary/aromatic N) is 6. The Morgan fingerprint density at radius 3 is 2.65 bits per heavy atom. The molecule has 1 saturated carbocycles. The number of para-hydroxylation sites is 1. The van der Waals surface area contributed by atoms with Crippen LogP contribution in [0.15, 0.2) is 55.2 Å². The number of aromatic nitrogens is 6. The molecular weight excluding hydrogens is 328 g/mol. The summed E-state index contributed by atoms with van der Waals surface area (Å²) >= 11 is 0. The highest BCUT2D eigenvalue weighted by molar-refractivity contribution is 5.86. The number of nitrogens with one attached hydrogen (secondary N) is 2. The zero-order valence-corrected chi connectivity index (χ0v) is 13.9. The lowest BCUT2D eigenvalue weighted by molar-refractivity contribution is 1.05. The van der Waals surface area contributed by atoms with Gasteiger partial charge in [0.05, 0.1) is 6.20 Å². The molecule has 0 amide bonds. The van der Waals surface area contributed by atoms with Gasteiger partial charge in [-0.15, -0.1) is 0 Å². The molecule has 26 heavy (non-hydrogen) atoms. The van der Waals surface area contributed by atoms with Crippen LogP contribution in [0.4, 0.5) is 17.6 Å². The number of hydrogen-bond acceptors (Lipinski definition) is 7. The summed E-state index contributed by atoms with van der Waals surface area (Å²) in [5, 5.41) is 6.57. The third-order valence-electron chi connectivity index (χ3n) is 4.15. The van der Waals surface area contributed by atoms with Crippen molar-refractivity contribution in [3.8, 4) is 5.69 Å². The molecule has 1 aliphatic rings. The van der Waals surface area contributed by atoms with E-state index < -0.39 is 0 Å². The molecule has 128 valence electrons. The van der Waals surface area contributed by atoms with Crippen LogP contribution in [0, 0.1) is 0 Å². The van der Waals surface area contributed by atoms with Crippen LogP contribution in [0.2, 0.25) is 0 Å². The third kappa shape index (κ3) is 2.81. The van der Waals surface area contributed by atoms with Crippen LogP contribution in [0.1, 0.15) is 12.8 Å². The fourth-order valence-corrected chi connectivity index (χ4v) is 2.73. The molecule has 1 aliphatic carbocycles. The van der Waals surface area contributed by atoms with E-state index in [0.717, 1.165) is 35.5 Å². The van der Waals surface area contributed by atoms with Gasteiger partial charge < -0.3 is 10.6 Å². The molecule has 0 atom stereocenters. The molecular formula is C18H16N8. The topological polar surface area (TPSA) is 93.4 Å². The van der Waals surface area contributed by atoms with Crippen LogP contribution in [0.5, 0.6) is 0 Å². The van der Waals surface area contributed by atoms with Gasteiger partial charge in [-0.25, -0.2) is 9.97 Å². The number of rotatable bonds is 5. The number of anilines is 3. The van der Waals surface area contributed by atoms with Gasteiger partial charge in [0.15, 0.2) is 22.8 Å². The molecule has 0 spiro atoms. The molecule has 3 aromatic heterocycles. The Balaban J connectivity index is 1.63. The first-order chi connectivity index (χ1) is 12.9. The molecule has 1 fully saturated rings. The maximum atomic E-state index is 4.67. The molecule has 0 saturated heterocycles. The Hall–Kier alpha value is -3.55. The summed E-state index contributed by atoms with van der Waals surface area (Å²) in [5.74, 6) is 1.78. The SMILES string of the molecule is c1ccc(-n2cnc3c(NC4CC4)nc(Nc4cnccn4)nc32)cc1. The largest absolute Gasteiger partial charge is 0.365 e. The smallest absolute Gasteiger partial charge is 0.232 e. The van der Waals surface area contributed by atoms with E-state index in [-0.39, 0.29) is 0 Å². The van der Waals surface area contributed by atoms with Crippen molar-refractivity contribution in [3.05, 3.63) is 55.2 Å². The average Bonchev–Trinajstić information content (AvgIpc) is 3.39. The van der Waals surface area contributed by atoms with E-state index in [9.17, 15) is 0 Å². The second-order valence-electron chi connectivity index (χ2n) is 6.15. The molecule has 4 aromatic rings. The van der Waals surface area contributed by atoms with Crippen molar-refractivity contribution < 1.29 is 0 Å². The standard InChI is InChI=1S/C18H16N8/c1-2-4-13(5-3-1)26-11-21-15-16(22-12-6-7-12)24-18(25-17(15)26)23-14-10-19-8-9-20-14/h1-5,8-12H,6-7H2,(H2,20,22,23,24,25). The fourth-order valence-electron chi connectivity index (χ4n) is 2.73. The number of hydrogen-bond donors (Lipinski definition) is 2.